The highest BCUT2D eigenvalue weighted by Crippen LogP contribution is 2.18. The zero-order chi connectivity index (χ0) is 10.6. The van der Waals surface area contributed by atoms with E-state index in [9.17, 15) is 14.4 Å². The first-order valence-corrected chi connectivity index (χ1v) is 4.05. The Labute approximate surface area is 80.1 Å². The van der Waals surface area contributed by atoms with E-state index in [1.165, 1.54) is 7.11 Å². The average molecular weight is 202 g/mol. The molecule has 2 atom stereocenters. The van der Waals surface area contributed by atoms with E-state index in [-0.39, 0.29) is 0 Å². The molecule has 0 aromatic carbocycles. The van der Waals surface area contributed by atoms with Gasteiger partial charge in [-0.1, -0.05) is 0 Å². The van der Waals surface area contributed by atoms with Gasteiger partial charge in [-0.2, -0.15) is 0 Å². The van der Waals surface area contributed by atoms with Crippen LogP contribution in [0.15, 0.2) is 0 Å². The molecule has 1 rings (SSSR count). The van der Waals surface area contributed by atoms with E-state index in [1.807, 2.05) is 0 Å². The number of cyclic esters (lactones) is 3. The Morgan fingerprint density at radius 2 is 2.29 bits per heavy atom. The van der Waals surface area contributed by atoms with Gasteiger partial charge in [0.25, 0.3) is 0 Å². The van der Waals surface area contributed by atoms with Gasteiger partial charge in [-0.05, 0) is 6.42 Å². The summed E-state index contributed by atoms with van der Waals surface area (Å²) < 4.78 is 13.4. The Morgan fingerprint density at radius 1 is 1.57 bits per heavy atom. The summed E-state index contributed by atoms with van der Waals surface area (Å²) in [4.78, 5) is 32.1. The highest BCUT2D eigenvalue weighted by atomic mass is 16.8. The Balaban J connectivity index is 2.55. The van der Waals surface area contributed by atoms with Gasteiger partial charge in [0.05, 0.1) is 5.92 Å². The van der Waals surface area contributed by atoms with Crippen molar-refractivity contribution >= 4 is 18.4 Å². The predicted octanol–water partition coefficient (Wildman–Crippen LogP) is -0.100. The standard InChI is InChI=1S/C8H10O6/c1-12-3-2-5(4-9)6-7(10)14-8(11)13-6/h4-6H,2-3H2,1H3. The molecule has 1 saturated heterocycles. The van der Waals surface area contributed by atoms with Gasteiger partial charge in [-0.3, -0.25) is 0 Å². The number of ether oxygens (including phenoxy) is 3. The van der Waals surface area contributed by atoms with Crippen LogP contribution in [-0.4, -0.2) is 38.2 Å². The van der Waals surface area contributed by atoms with Gasteiger partial charge < -0.3 is 19.0 Å². The number of carbonyl (C=O) groups excluding carboxylic acids is 3. The molecule has 0 spiro atoms. The van der Waals surface area contributed by atoms with Gasteiger partial charge in [0.2, 0.25) is 6.10 Å². The van der Waals surface area contributed by atoms with E-state index in [2.05, 4.69) is 9.47 Å². The second kappa shape index (κ2) is 4.71. The Morgan fingerprint density at radius 3 is 2.71 bits per heavy atom. The van der Waals surface area contributed by atoms with Crippen molar-refractivity contribution in [1.29, 1.82) is 0 Å². The molecule has 6 heteroatoms. The van der Waals surface area contributed by atoms with Crippen LogP contribution in [0.4, 0.5) is 4.79 Å². The van der Waals surface area contributed by atoms with E-state index < -0.39 is 24.1 Å². The lowest BCUT2D eigenvalue weighted by atomic mass is 10.0. The molecule has 0 N–H and O–H groups in total. The number of rotatable bonds is 5. The minimum Gasteiger partial charge on any atom is -0.418 e. The molecule has 1 fully saturated rings. The van der Waals surface area contributed by atoms with E-state index in [0.29, 0.717) is 19.3 Å². The van der Waals surface area contributed by atoms with Gasteiger partial charge in [-0.25, -0.2) is 9.59 Å². The fraction of sp³-hybridized carbons (Fsp3) is 0.625. The Hall–Kier alpha value is -1.43. The Bertz CT molecular complexity index is 248. The summed E-state index contributed by atoms with van der Waals surface area (Å²) in [6.45, 7) is 0.310. The van der Waals surface area contributed by atoms with Gasteiger partial charge in [-0.15, -0.1) is 0 Å². The molecule has 0 aliphatic carbocycles. The largest absolute Gasteiger partial charge is 0.517 e. The number of esters is 1. The van der Waals surface area contributed by atoms with Crippen molar-refractivity contribution in [3.63, 3.8) is 0 Å². The van der Waals surface area contributed by atoms with Crippen molar-refractivity contribution in [2.75, 3.05) is 13.7 Å². The molecule has 0 saturated carbocycles. The highest BCUT2D eigenvalue weighted by molar-refractivity contribution is 5.92. The summed E-state index contributed by atoms with van der Waals surface area (Å²) >= 11 is 0. The molecule has 0 aromatic heterocycles. The minimum atomic E-state index is -1.12. The lowest BCUT2D eigenvalue weighted by molar-refractivity contribution is -0.140. The molecular formula is C8H10O6. The van der Waals surface area contributed by atoms with Crippen LogP contribution in [0.5, 0.6) is 0 Å². The SMILES string of the molecule is COCCC(C=O)C1OC(=O)OC1=O. The fourth-order valence-electron chi connectivity index (χ4n) is 1.12. The summed E-state index contributed by atoms with van der Waals surface area (Å²) in [6.07, 6.45) is -1.30. The van der Waals surface area contributed by atoms with Crippen LogP contribution in [0, 0.1) is 5.92 Å². The molecule has 2 unspecified atom stereocenters. The van der Waals surface area contributed by atoms with Crippen LogP contribution in [0.25, 0.3) is 0 Å². The van der Waals surface area contributed by atoms with Crippen molar-refractivity contribution in [3.05, 3.63) is 0 Å². The smallest absolute Gasteiger partial charge is 0.418 e. The third-order valence-corrected chi connectivity index (χ3v) is 1.86. The molecule has 0 bridgehead atoms. The van der Waals surface area contributed by atoms with Crippen molar-refractivity contribution in [2.45, 2.75) is 12.5 Å². The van der Waals surface area contributed by atoms with Crippen molar-refractivity contribution in [1.82, 2.24) is 0 Å². The van der Waals surface area contributed by atoms with Gasteiger partial charge in [0.1, 0.15) is 6.29 Å². The van der Waals surface area contributed by atoms with E-state index in [0.717, 1.165) is 0 Å². The lowest BCUT2D eigenvalue weighted by Gasteiger charge is -2.11. The summed E-state index contributed by atoms with van der Waals surface area (Å²) in [5.74, 6) is -1.52. The predicted molar refractivity (Wildman–Crippen MR) is 42.4 cm³/mol. The molecule has 14 heavy (non-hydrogen) atoms. The number of carbonyl (C=O) groups is 3. The minimum absolute atomic E-state index is 0.310. The van der Waals surface area contributed by atoms with Crippen molar-refractivity contribution < 1.29 is 28.6 Å². The molecule has 0 aromatic rings. The number of hydrogen-bond donors (Lipinski definition) is 0. The first-order valence-electron chi connectivity index (χ1n) is 4.05. The second-order valence-corrected chi connectivity index (χ2v) is 2.79. The molecule has 6 nitrogen and oxygen atoms in total. The third kappa shape index (κ3) is 2.29. The fourth-order valence-corrected chi connectivity index (χ4v) is 1.12. The first kappa shape index (κ1) is 10.6. The normalized spacial score (nSPS) is 22.8. The topological polar surface area (TPSA) is 78.9 Å². The van der Waals surface area contributed by atoms with Crippen LogP contribution >= 0.6 is 0 Å². The molecular weight excluding hydrogens is 192 g/mol. The molecule has 0 amide bonds. The van der Waals surface area contributed by atoms with E-state index in [4.69, 9.17) is 4.74 Å². The van der Waals surface area contributed by atoms with Crippen molar-refractivity contribution in [3.8, 4) is 0 Å². The van der Waals surface area contributed by atoms with Crippen LogP contribution in [0.3, 0.4) is 0 Å². The number of methoxy groups -OCH3 is 1. The van der Waals surface area contributed by atoms with Crippen LogP contribution in [-0.2, 0) is 23.8 Å². The van der Waals surface area contributed by atoms with Gasteiger partial charge >= 0.3 is 12.1 Å². The van der Waals surface area contributed by atoms with Crippen molar-refractivity contribution in [2.24, 2.45) is 5.92 Å². The Kier molecular flexibility index (Phi) is 3.58. The summed E-state index contributed by atoms with van der Waals surface area (Å²) in [6, 6.07) is 0. The quantitative estimate of drug-likeness (QED) is 0.352. The van der Waals surface area contributed by atoms with E-state index >= 15 is 0 Å². The molecule has 1 aliphatic rings. The summed E-state index contributed by atoms with van der Waals surface area (Å²) in [7, 11) is 1.47. The zero-order valence-corrected chi connectivity index (χ0v) is 7.60. The lowest BCUT2D eigenvalue weighted by Crippen LogP contribution is -2.29. The molecule has 1 heterocycles. The molecule has 1 aliphatic heterocycles. The third-order valence-electron chi connectivity index (χ3n) is 1.86. The van der Waals surface area contributed by atoms with Crippen LogP contribution in [0.1, 0.15) is 6.42 Å². The summed E-state index contributed by atoms with van der Waals surface area (Å²) in [5.41, 5.74) is 0. The number of hydrogen-bond acceptors (Lipinski definition) is 6. The summed E-state index contributed by atoms with van der Waals surface area (Å²) in [5, 5.41) is 0. The van der Waals surface area contributed by atoms with Crippen LogP contribution < -0.4 is 0 Å². The molecule has 0 radical (unpaired) electrons. The monoisotopic (exact) mass is 202 g/mol. The van der Waals surface area contributed by atoms with Gasteiger partial charge in [0, 0.05) is 13.7 Å². The second-order valence-electron chi connectivity index (χ2n) is 2.79. The van der Waals surface area contributed by atoms with E-state index in [1.54, 1.807) is 0 Å². The van der Waals surface area contributed by atoms with Gasteiger partial charge in [0.15, 0.2) is 0 Å². The first-order chi connectivity index (χ1) is 6.69. The highest BCUT2D eigenvalue weighted by Gasteiger charge is 2.40. The zero-order valence-electron chi connectivity index (χ0n) is 7.60. The maximum Gasteiger partial charge on any atom is 0.517 e. The maximum atomic E-state index is 11.0. The molecule has 78 valence electrons. The maximum absolute atomic E-state index is 11.0. The number of aldehydes is 1. The average Bonchev–Trinajstić information content (AvgIpc) is 2.47. The van der Waals surface area contributed by atoms with Crippen LogP contribution in [0.2, 0.25) is 0 Å².